The number of anilines is 2. The summed E-state index contributed by atoms with van der Waals surface area (Å²) in [6.45, 7) is 0.326. The van der Waals surface area contributed by atoms with Gasteiger partial charge in [-0.15, -0.1) is 0 Å². The topological polar surface area (TPSA) is 105 Å². The summed E-state index contributed by atoms with van der Waals surface area (Å²) in [4.78, 5) is 26.6. The molecule has 1 fully saturated rings. The maximum absolute atomic E-state index is 12.8. The van der Waals surface area contributed by atoms with Crippen LogP contribution in [0.25, 0.3) is 0 Å². The minimum Gasteiger partial charge on any atom is -0.369 e. The Morgan fingerprint density at radius 1 is 1.14 bits per heavy atom. The number of nitrogens with one attached hydrogen (secondary N) is 2. The highest BCUT2D eigenvalue weighted by atomic mass is 32.2. The van der Waals surface area contributed by atoms with E-state index in [1.807, 2.05) is 30.3 Å². The van der Waals surface area contributed by atoms with E-state index in [4.69, 9.17) is 4.74 Å². The SMILES string of the molecule is CS(=O)(=O)Nc1cccc(NC(=O)C2COCC(=O)N2Cc2ccccc2)c1. The van der Waals surface area contributed by atoms with E-state index in [0.717, 1.165) is 11.8 Å². The molecule has 0 radical (unpaired) electrons. The van der Waals surface area contributed by atoms with Crippen LogP contribution in [0.3, 0.4) is 0 Å². The molecular weight excluding hydrogens is 382 g/mol. The Bertz CT molecular complexity index is 963. The fraction of sp³-hybridized carbons (Fsp3) is 0.263. The molecule has 8 nitrogen and oxygen atoms in total. The summed E-state index contributed by atoms with van der Waals surface area (Å²) < 4.78 is 30.4. The van der Waals surface area contributed by atoms with Gasteiger partial charge in [0, 0.05) is 12.2 Å². The Hall–Kier alpha value is -2.91. The molecule has 2 aromatic carbocycles. The molecule has 2 N–H and O–H groups in total. The van der Waals surface area contributed by atoms with Crippen LogP contribution < -0.4 is 10.0 Å². The number of benzene rings is 2. The van der Waals surface area contributed by atoms with E-state index in [9.17, 15) is 18.0 Å². The number of amides is 2. The van der Waals surface area contributed by atoms with Crippen molar-refractivity contribution in [3.8, 4) is 0 Å². The van der Waals surface area contributed by atoms with Crippen molar-refractivity contribution in [1.82, 2.24) is 4.90 Å². The molecule has 1 aliphatic heterocycles. The largest absolute Gasteiger partial charge is 0.369 e. The molecule has 1 aliphatic rings. The Balaban J connectivity index is 1.74. The average Bonchev–Trinajstić information content (AvgIpc) is 2.63. The van der Waals surface area contributed by atoms with E-state index in [0.29, 0.717) is 17.9 Å². The molecule has 0 aromatic heterocycles. The summed E-state index contributed by atoms with van der Waals surface area (Å²) in [6, 6.07) is 14.9. The van der Waals surface area contributed by atoms with Gasteiger partial charge in [-0.2, -0.15) is 0 Å². The van der Waals surface area contributed by atoms with Gasteiger partial charge in [0.05, 0.1) is 18.6 Å². The highest BCUT2D eigenvalue weighted by Gasteiger charge is 2.34. The van der Waals surface area contributed by atoms with Crippen molar-refractivity contribution in [2.45, 2.75) is 12.6 Å². The quantitative estimate of drug-likeness (QED) is 0.759. The summed E-state index contributed by atoms with van der Waals surface area (Å²) in [5.74, 6) is -0.664. The van der Waals surface area contributed by atoms with Crippen LogP contribution in [0.4, 0.5) is 11.4 Å². The molecule has 28 heavy (non-hydrogen) atoms. The number of nitrogens with zero attached hydrogens (tertiary/aromatic N) is 1. The molecule has 0 aliphatic carbocycles. The maximum atomic E-state index is 12.8. The van der Waals surface area contributed by atoms with E-state index in [1.165, 1.54) is 11.0 Å². The van der Waals surface area contributed by atoms with Gasteiger partial charge in [-0.1, -0.05) is 36.4 Å². The van der Waals surface area contributed by atoms with Crippen LogP contribution in [-0.2, 0) is 30.9 Å². The molecule has 148 valence electrons. The second-order valence-electron chi connectivity index (χ2n) is 6.48. The number of rotatable bonds is 6. The van der Waals surface area contributed by atoms with E-state index in [-0.39, 0.29) is 19.1 Å². The number of sulfonamides is 1. The van der Waals surface area contributed by atoms with Crippen molar-refractivity contribution in [2.75, 3.05) is 29.5 Å². The first kappa shape index (κ1) is 19.8. The molecular formula is C19H21N3O5S. The first-order chi connectivity index (χ1) is 13.3. The first-order valence-electron chi connectivity index (χ1n) is 8.62. The van der Waals surface area contributed by atoms with Crippen LogP contribution in [0, 0.1) is 0 Å². The van der Waals surface area contributed by atoms with Gasteiger partial charge in [-0.05, 0) is 23.8 Å². The Morgan fingerprint density at radius 3 is 2.57 bits per heavy atom. The van der Waals surface area contributed by atoms with Gasteiger partial charge >= 0.3 is 0 Å². The standard InChI is InChI=1S/C19H21N3O5S/c1-28(25,26)21-16-9-5-8-15(10-16)20-19(24)17-12-27-13-18(23)22(17)11-14-6-3-2-4-7-14/h2-10,17,21H,11-13H2,1H3,(H,20,24). The molecule has 1 unspecified atom stereocenters. The maximum Gasteiger partial charge on any atom is 0.249 e. The number of carbonyl (C=O) groups excluding carboxylic acids is 2. The van der Waals surface area contributed by atoms with Crippen molar-refractivity contribution in [1.29, 1.82) is 0 Å². The van der Waals surface area contributed by atoms with Gasteiger partial charge in [0.1, 0.15) is 12.6 Å². The molecule has 3 rings (SSSR count). The molecule has 1 atom stereocenters. The van der Waals surface area contributed by atoms with Crippen molar-refractivity contribution >= 4 is 33.2 Å². The van der Waals surface area contributed by atoms with Gasteiger partial charge in [0.2, 0.25) is 21.8 Å². The van der Waals surface area contributed by atoms with Gasteiger partial charge in [0.25, 0.3) is 0 Å². The summed E-state index contributed by atoms with van der Waals surface area (Å²) in [7, 11) is -3.43. The van der Waals surface area contributed by atoms with Crippen molar-refractivity contribution in [2.24, 2.45) is 0 Å². The van der Waals surface area contributed by atoms with Crippen LogP contribution in [0.5, 0.6) is 0 Å². The van der Waals surface area contributed by atoms with Gasteiger partial charge in [0.15, 0.2) is 0 Å². The minimum atomic E-state index is -3.43. The minimum absolute atomic E-state index is 0.0651. The second kappa shape index (κ2) is 8.41. The van der Waals surface area contributed by atoms with Gasteiger partial charge in [-0.3, -0.25) is 14.3 Å². The predicted molar refractivity (Wildman–Crippen MR) is 105 cm³/mol. The monoisotopic (exact) mass is 403 g/mol. The Labute approximate surface area is 163 Å². The number of hydrogen-bond acceptors (Lipinski definition) is 5. The lowest BCUT2D eigenvalue weighted by Gasteiger charge is -2.34. The predicted octanol–water partition coefficient (Wildman–Crippen LogP) is 1.42. The molecule has 0 spiro atoms. The zero-order chi connectivity index (χ0) is 20.1. The number of hydrogen-bond donors (Lipinski definition) is 2. The van der Waals surface area contributed by atoms with E-state index < -0.39 is 22.0 Å². The lowest BCUT2D eigenvalue weighted by molar-refractivity contribution is -0.154. The van der Waals surface area contributed by atoms with Crippen LogP contribution in [0.15, 0.2) is 54.6 Å². The highest BCUT2D eigenvalue weighted by molar-refractivity contribution is 7.92. The van der Waals surface area contributed by atoms with Crippen LogP contribution in [-0.4, -0.2) is 50.6 Å². The lowest BCUT2D eigenvalue weighted by Crippen LogP contribution is -2.54. The molecule has 1 saturated heterocycles. The fourth-order valence-corrected chi connectivity index (χ4v) is 3.46. The number of morpholine rings is 1. The lowest BCUT2D eigenvalue weighted by atomic mass is 10.1. The molecule has 2 aromatic rings. The average molecular weight is 403 g/mol. The van der Waals surface area contributed by atoms with Crippen LogP contribution in [0.2, 0.25) is 0 Å². The summed E-state index contributed by atoms with van der Waals surface area (Å²) in [5.41, 5.74) is 1.66. The summed E-state index contributed by atoms with van der Waals surface area (Å²) in [5, 5.41) is 2.73. The highest BCUT2D eigenvalue weighted by Crippen LogP contribution is 2.19. The number of ether oxygens (including phenoxy) is 1. The molecule has 0 bridgehead atoms. The van der Waals surface area contributed by atoms with Crippen molar-refractivity contribution in [3.05, 3.63) is 60.2 Å². The van der Waals surface area contributed by atoms with E-state index in [1.54, 1.807) is 18.2 Å². The van der Waals surface area contributed by atoms with Crippen molar-refractivity contribution in [3.63, 3.8) is 0 Å². The van der Waals surface area contributed by atoms with Gasteiger partial charge < -0.3 is 15.0 Å². The Morgan fingerprint density at radius 2 is 1.86 bits per heavy atom. The normalized spacial score (nSPS) is 17.2. The number of carbonyl (C=O) groups is 2. The third-order valence-corrected chi connectivity index (χ3v) is 4.74. The third-order valence-electron chi connectivity index (χ3n) is 4.13. The van der Waals surface area contributed by atoms with E-state index >= 15 is 0 Å². The zero-order valence-corrected chi connectivity index (χ0v) is 16.1. The molecule has 2 amide bonds. The van der Waals surface area contributed by atoms with Crippen LogP contribution in [0.1, 0.15) is 5.56 Å². The molecule has 0 saturated carbocycles. The molecule has 9 heteroatoms. The third kappa shape index (κ3) is 5.30. The Kier molecular flexibility index (Phi) is 5.96. The first-order valence-corrected chi connectivity index (χ1v) is 10.5. The zero-order valence-electron chi connectivity index (χ0n) is 15.3. The fourth-order valence-electron chi connectivity index (χ4n) is 2.90. The van der Waals surface area contributed by atoms with Gasteiger partial charge in [-0.25, -0.2) is 8.42 Å². The van der Waals surface area contributed by atoms with Crippen LogP contribution >= 0.6 is 0 Å². The smallest absolute Gasteiger partial charge is 0.249 e. The molecule has 1 heterocycles. The summed E-state index contributed by atoms with van der Waals surface area (Å²) >= 11 is 0. The summed E-state index contributed by atoms with van der Waals surface area (Å²) in [6.07, 6.45) is 1.05. The second-order valence-corrected chi connectivity index (χ2v) is 8.23. The van der Waals surface area contributed by atoms with Crippen molar-refractivity contribution < 1.29 is 22.7 Å². The van der Waals surface area contributed by atoms with E-state index in [2.05, 4.69) is 10.0 Å².